The highest BCUT2D eigenvalue weighted by Crippen LogP contribution is 2.56. The molecule has 1 aromatic carbocycles. The van der Waals surface area contributed by atoms with Crippen molar-refractivity contribution in [2.75, 3.05) is 27.1 Å². The van der Waals surface area contributed by atoms with Crippen LogP contribution in [0.1, 0.15) is 31.6 Å². The molecular weight excluding hydrogens is 396 g/mol. The van der Waals surface area contributed by atoms with Gasteiger partial charge in [-0.15, -0.1) is 6.42 Å². The van der Waals surface area contributed by atoms with Crippen LogP contribution < -0.4 is 0 Å². The van der Waals surface area contributed by atoms with Crippen molar-refractivity contribution >= 4 is 5.97 Å². The molecule has 166 valence electrons. The van der Waals surface area contributed by atoms with Gasteiger partial charge in [-0.2, -0.15) is 0 Å². The largest absolute Gasteiger partial charge is 0.481 e. The molecular formula is C25H30O6. The van der Waals surface area contributed by atoms with Crippen molar-refractivity contribution < 1.29 is 28.8 Å². The summed E-state index contributed by atoms with van der Waals surface area (Å²) in [4.78, 5) is 12.6. The Morgan fingerprint density at radius 2 is 2.10 bits per heavy atom. The lowest BCUT2D eigenvalue weighted by Crippen LogP contribution is -2.56. The molecule has 1 heterocycles. The summed E-state index contributed by atoms with van der Waals surface area (Å²) in [6, 6.07) is 9.86. The SMILES string of the molecule is C#C[C@H]1C(COCOC)=C[C@H]2[C@@H]3O[C@H](c4ccccc4)OC[C@H]3CC[C@@H]2[C@@]1(C)C(=O)O. The van der Waals surface area contributed by atoms with Crippen LogP contribution in [0.4, 0.5) is 0 Å². The third-order valence-electron chi connectivity index (χ3n) is 7.22. The van der Waals surface area contributed by atoms with Gasteiger partial charge < -0.3 is 24.1 Å². The predicted molar refractivity (Wildman–Crippen MR) is 114 cm³/mol. The Bertz CT molecular complexity index is 859. The highest BCUT2D eigenvalue weighted by atomic mass is 16.7. The number of rotatable bonds is 6. The lowest BCUT2D eigenvalue weighted by molar-refractivity contribution is -0.268. The van der Waals surface area contributed by atoms with Crippen molar-refractivity contribution in [3.63, 3.8) is 0 Å². The zero-order valence-corrected chi connectivity index (χ0v) is 18.0. The van der Waals surface area contributed by atoms with Gasteiger partial charge in [-0.3, -0.25) is 4.79 Å². The van der Waals surface area contributed by atoms with Gasteiger partial charge in [0.05, 0.1) is 30.7 Å². The van der Waals surface area contributed by atoms with Gasteiger partial charge in [0.1, 0.15) is 6.79 Å². The minimum Gasteiger partial charge on any atom is -0.481 e. The maximum absolute atomic E-state index is 12.6. The molecule has 4 rings (SSSR count). The van der Waals surface area contributed by atoms with Crippen LogP contribution in [-0.2, 0) is 23.7 Å². The fourth-order valence-corrected chi connectivity index (χ4v) is 5.64. The Labute approximate surface area is 183 Å². The molecule has 1 saturated carbocycles. The van der Waals surface area contributed by atoms with Crippen LogP contribution in [0, 0.1) is 41.4 Å². The number of methoxy groups -OCH3 is 1. The summed E-state index contributed by atoms with van der Waals surface area (Å²) in [5.41, 5.74) is 0.696. The van der Waals surface area contributed by atoms with E-state index in [0.29, 0.717) is 6.61 Å². The molecule has 1 saturated heterocycles. The fraction of sp³-hybridized carbons (Fsp3) is 0.560. The van der Waals surface area contributed by atoms with Crippen molar-refractivity contribution in [1.82, 2.24) is 0 Å². The van der Waals surface area contributed by atoms with Gasteiger partial charge >= 0.3 is 5.97 Å². The third-order valence-corrected chi connectivity index (χ3v) is 7.22. The van der Waals surface area contributed by atoms with Gasteiger partial charge in [0.25, 0.3) is 0 Å². The highest BCUT2D eigenvalue weighted by molar-refractivity contribution is 5.77. The van der Waals surface area contributed by atoms with E-state index < -0.39 is 23.6 Å². The van der Waals surface area contributed by atoms with Gasteiger partial charge in [-0.25, -0.2) is 0 Å². The Kier molecular flexibility index (Phi) is 6.49. The van der Waals surface area contributed by atoms with E-state index in [2.05, 4.69) is 12.0 Å². The maximum atomic E-state index is 12.6. The number of fused-ring (bicyclic) bond motifs is 3. The van der Waals surface area contributed by atoms with Crippen molar-refractivity contribution in [1.29, 1.82) is 0 Å². The first-order valence-electron chi connectivity index (χ1n) is 10.8. The Morgan fingerprint density at radius 3 is 2.77 bits per heavy atom. The van der Waals surface area contributed by atoms with Crippen LogP contribution in [0.3, 0.4) is 0 Å². The number of ether oxygens (including phenoxy) is 4. The van der Waals surface area contributed by atoms with E-state index in [-0.39, 0.29) is 37.3 Å². The lowest BCUT2D eigenvalue weighted by Gasteiger charge is -2.54. The molecule has 0 unspecified atom stereocenters. The molecule has 0 aromatic heterocycles. The summed E-state index contributed by atoms with van der Waals surface area (Å²) in [5.74, 6) is 1.39. The van der Waals surface area contributed by atoms with Crippen LogP contribution in [0.25, 0.3) is 0 Å². The molecule has 0 amide bonds. The molecule has 3 aliphatic rings. The van der Waals surface area contributed by atoms with Gasteiger partial charge in [0.15, 0.2) is 6.29 Å². The van der Waals surface area contributed by atoms with E-state index in [1.54, 1.807) is 14.0 Å². The topological polar surface area (TPSA) is 74.2 Å². The Balaban J connectivity index is 1.68. The zero-order chi connectivity index (χ0) is 22.0. The average molecular weight is 427 g/mol. The first-order valence-corrected chi connectivity index (χ1v) is 10.8. The van der Waals surface area contributed by atoms with E-state index in [0.717, 1.165) is 24.0 Å². The standard InChI is InChI=1S/C25H30O6/c1-4-20-18(13-29-15-28-3)12-19-21(25(20,2)24(26)27)11-10-17-14-30-23(31-22(17)19)16-8-6-5-7-9-16/h1,5-9,12,17,19-23H,10-11,13-15H2,2-3H3,(H,26,27)/t17-,19-,20+,21+,22-,23-,25+/m1/s1. The number of terminal acetylenes is 1. The van der Waals surface area contributed by atoms with Gasteiger partial charge in [0.2, 0.25) is 0 Å². The lowest BCUT2D eigenvalue weighted by atomic mass is 9.52. The second-order valence-corrected chi connectivity index (χ2v) is 8.88. The van der Waals surface area contributed by atoms with E-state index >= 15 is 0 Å². The number of benzene rings is 1. The highest BCUT2D eigenvalue weighted by Gasteiger charge is 2.58. The van der Waals surface area contributed by atoms with E-state index in [9.17, 15) is 9.90 Å². The maximum Gasteiger partial charge on any atom is 0.311 e. The number of aliphatic carboxylic acids is 1. The molecule has 2 fully saturated rings. The van der Waals surface area contributed by atoms with Crippen LogP contribution in [0.15, 0.2) is 42.0 Å². The van der Waals surface area contributed by atoms with Crippen molar-refractivity contribution in [3.05, 3.63) is 47.5 Å². The second-order valence-electron chi connectivity index (χ2n) is 8.88. The van der Waals surface area contributed by atoms with Crippen molar-refractivity contribution in [2.24, 2.45) is 29.1 Å². The van der Waals surface area contributed by atoms with E-state index in [1.165, 1.54) is 0 Å². The summed E-state index contributed by atoms with van der Waals surface area (Å²) in [7, 11) is 1.55. The second kappa shape index (κ2) is 9.13. The Hall–Kier alpha value is -2.17. The molecule has 1 aliphatic heterocycles. The molecule has 6 heteroatoms. The van der Waals surface area contributed by atoms with Crippen LogP contribution in [0.2, 0.25) is 0 Å². The summed E-state index contributed by atoms with van der Waals surface area (Å²) >= 11 is 0. The van der Waals surface area contributed by atoms with E-state index in [4.69, 9.17) is 25.4 Å². The smallest absolute Gasteiger partial charge is 0.311 e. The number of carboxylic acid groups (broad SMARTS) is 1. The molecule has 0 radical (unpaired) electrons. The van der Waals surface area contributed by atoms with Gasteiger partial charge in [-0.1, -0.05) is 42.3 Å². The van der Waals surface area contributed by atoms with E-state index in [1.807, 2.05) is 30.3 Å². The molecule has 6 nitrogen and oxygen atoms in total. The van der Waals surface area contributed by atoms with Crippen molar-refractivity contribution in [3.8, 4) is 12.3 Å². The van der Waals surface area contributed by atoms with Gasteiger partial charge in [-0.05, 0) is 31.3 Å². The number of hydrogen-bond acceptors (Lipinski definition) is 5. The first kappa shape index (κ1) is 22.0. The number of hydrogen-bond donors (Lipinski definition) is 1. The van der Waals surface area contributed by atoms with Crippen LogP contribution >= 0.6 is 0 Å². The Morgan fingerprint density at radius 1 is 1.32 bits per heavy atom. The first-order chi connectivity index (χ1) is 15.0. The summed E-state index contributed by atoms with van der Waals surface area (Å²) in [5, 5.41) is 10.3. The molecule has 1 aromatic rings. The third kappa shape index (κ3) is 3.92. The summed E-state index contributed by atoms with van der Waals surface area (Å²) in [6.07, 6.45) is 9.04. The fourth-order valence-electron chi connectivity index (χ4n) is 5.64. The molecule has 1 N–H and O–H groups in total. The molecule has 2 aliphatic carbocycles. The average Bonchev–Trinajstić information content (AvgIpc) is 2.79. The van der Waals surface area contributed by atoms with Gasteiger partial charge in [0, 0.05) is 24.5 Å². The molecule has 7 atom stereocenters. The quantitative estimate of drug-likeness (QED) is 0.324. The summed E-state index contributed by atoms with van der Waals surface area (Å²) in [6.45, 7) is 2.75. The molecule has 0 spiro atoms. The zero-order valence-electron chi connectivity index (χ0n) is 18.0. The molecule has 31 heavy (non-hydrogen) atoms. The predicted octanol–water partition coefficient (Wildman–Crippen LogP) is 3.64. The summed E-state index contributed by atoms with van der Waals surface area (Å²) < 4.78 is 23.1. The minimum absolute atomic E-state index is 0.0688. The normalized spacial score (nSPS) is 37.1. The molecule has 0 bridgehead atoms. The number of carboxylic acids is 1. The van der Waals surface area contributed by atoms with Crippen molar-refractivity contribution in [2.45, 2.75) is 32.2 Å². The van der Waals surface area contributed by atoms with Crippen LogP contribution in [-0.4, -0.2) is 44.3 Å². The monoisotopic (exact) mass is 426 g/mol. The van der Waals surface area contributed by atoms with Crippen LogP contribution in [0.5, 0.6) is 0 Å². The minimum atomic E-state index is -1.09. The number of carbonyl (C=O) groups is 1.